The van der Waals surface area contributed by atoms with E-state index in [9.17, 15) is 13.2 Å². The van der Waals surface area contributed by atoms with Gasteiger partial charge in [0.1, 0.15) is 0 Å². The van der Waals surface area contributed by atoms with Crippen LogP contribution in [0.2, 0.25) is 0 Å². The van der Waals surface area contributed by atoms with Crippen LogP contribution >= 0.6 is 0 Å². The number of nitrogens with zero attached hydrogens (tertiary/aromatic N) is 1. The maximum Gasteiger partial charge on any atom is 0.254 e. The zero-order valence-corrected chi connectivity index (χ0v) is 17.1. The van der Waals surface area contributed by atoms with E-state index in [1.807, 2.05) is 13.8 Å². The minimum atomic E-state index is -3.66. The van der Waals surface area contributed by atoms with Crippen LogP contribution in [0, 0.1) is 0 Å². The summed E-state index contributed by atoms with van der Waals surface area (Å²) in [6.45, 7) is 12.1. The standard InChI is InChI=1S/C19H32N2O3S/c1-7-8-9-13-21(15(2)3)18(22)16-11-10-12-17(14-16)25(23,24)20-19(4,5)6/h10-12,14-15,20H,7-9,13H2,1-6H3. The van der Waals surface area contributed by atoms with Crippen LogP contribution in [0.15, 0.2) is 29.2 Å². The van der Waals surface area contributed by atoms with Crippen molar-refractivity contribution in [1.29, 1.82) is 0 Å². The third-order valence-electron chi connectivity index (χ3n) is 3.72. The van der Waals surface area contributed by atoms with Gasteiger partial charge in [-0.05, 0) is 59.2 Å². The minimum absolute atomic E-state index is 0.0670. The predicted molar refractivity (Wildman–Crippen MR) is 102 cm³/mol. The summed E-state index contributed by atoms with van der Waals surface area (Å²) in [5, 5.41) is 0. The number of hydrogen-bond acceptors (Lipinski definition) is 3. The van der Waals surface area contributed by atoms with E-state index in [1.165, 1.54) is 12.1 Å². The summed E-state index contributed by atoms with van der Waals surface area (Å²) in [4.78, 5) is 14.8. The lowest BCUT2D eigenvalue weighted by Gasteiger charge is -2.27. The van der Waals surface area contributed by atoms with Crippen molar-refractivity contribution in [3.05, 3.63) is 29.8 Å². The number of carbonyl (C=O) groups is 1. The topological polar surface area (TPSA) is 66.5 Å². The molecule has 0 saturated heterocycles. The second kappa shape index (κ2) is 8.81. The molecule has 0 fully saturated rings. The Bertz CT molecular complexity index is 676. The van der Waals surface area contributed by atoms with Gasteiger partial charge in [-0.2, -0.15) is 0 Å². The smallest absolute Gasteiger partial charge is 0.254 e. The molecule has 0 aliphatic rings. The van der Waals surface area contributed by atoms with Crippen LogP contribution in [0.1, 0.15) is 71.2 Å². The summed E-state index contributed by atoms with van der Waals surface area (Å²) >= 11 is 0. The van der Waals surface area contributed by atoms with Crippen molar-refractivity contribution in [1.82, 2.24) is 9.62 Å². The van der Waals surface area contributed by atoms with Gasteiger partial charge in [-0.15, -0.1) is 0 Å². The molecule has 0 spiro atoms. The molecule has 1 rings (SSSR count). The van der Waals surface area contributed by atoms with Gasteiger partial charge < -0.3 is 4.90 Å². The van der Waals surface area contributed by atoms with E-state index >= 15 is 0 Å². The van der Waals surface area contributed by atoms with Crippen LogP contribution in [-0.4, -0.2) is 37.4 Å². The normalized spacial score (nSPS) is 12.4. The Morgan fingerprint density at radius 1 is 1.20 bits per heavy atom. The van der Waals surface area contributed by atoms with Crippen molar-refractivity contribution < 1.29 is 13.2 Å². The van der Waals surface area contributed by atoms with E-state index in [0.29, 0.717) is 12.1 Å². The third kappa shape index (κ3) is 6.78. The number of benzene rings is 1. The summed E-state index contributed by atoms with van der Waals surface area (Å²) in [6, 6.07) is 6.34. The molecule has 0 bridgehead atoms. The quantitative estimate of drug-likeness (QED) is 0.710. The SMILES string of the molecule is CCCCCN(C(=O)c1cccc(S(=O)(=O)NC(C)(C)C)c1)C(C)C. The van der Waals surface area contributed by atoms with E-state index in [1.54, 1.807) is 37.8 Å². The molecule has 1 amide bonds. The van der Waals surface area contributed by atoms with Gasteiger partial charge in [-0.3, -0.25) is 4.79 Å². The first-order chi connectivity index (χ1) is 11.5. The number of rotatable bonds is 8. The molecular weight excluding hydrogens is 336 g/mol. The van der Waals surface area contributed by atoms with Gasteiger partial charge in [0, 0.05) is 23.7 Å². The van der Waals surface area contributed by atoms with Gasteiger partial charge in [-0.25, -0.2) is 13.1 Å². The van der Waals surface area contributed by atoms with E-state index in [0.717, 1.165) is 19.3 Å². The Kier molecular flexibility index (Phi) is 7.62. The molecule has 0 atom stereocenters. The van der Waals surface area contributed by atoms with E-state index < -0.39 is 15.6 Å². The lowest BCUT2D eigenvalue weighted by Crippen LogP contribution is -2.40. The lowest BCUT2D eigenvalue weighted by molar-refractivity contribution is 0.0702. The average molecular weight is 369 g/mol. The second-order valence-electron chi connectivity index (χ2n) is 7.68. The van der Waals surface area contributed by atoms with Gasteiger partial charge in [-0.1, -0.05) is 25.8 Å². The molecule has 142 valence electrons. The van der Waals surface area contributed by atoms with Crippen molar-refractivity contribution in [2.75, 3.05) is 6.54 Å². The highest BCUT2D eigenvalue weighted by Crippen LogP contribution is 2.17. The number of amides is 1. The van der Waals surface area contributed by atoms with Crippen molar-refractivity contribution in [3.8, 4) is 0 Å². The Morgan fingerprint density at radius 3 is 2.36 bits per heavy atom. The van der Waals surface area contributed by atoms with Crippen molar-refractivity contribution in [2.45, 2.75) is 77.3 Å². The highest BCUT2D eigenvalue weighted by molar-refractivity contribution is 7.89. The van der Waals surface area contributed by atoms with Crippen LogP contribution < -0.4 is 4.72 Å². The van der Waals surface area contributed by atoms with Crippen molar-refractivity contribution in [2.24, 2.45) is 0 Å². The number of nitrogens with one attached hydrogen (secondary N) is 1. The fourth-order valence-electron chi connectivity index (χ4n) is 2.55. The third-order valence-corrected chi connectivity index (χ3v) is 5.47. The molecule has 1 aromatic carbocycles. The monoisotopic (exact) mass is 368 g/mol. The lowest BCUT2D eigenvalue weighted by atomic mass is 10.1. The Balaban J connectivity index is 3.08. The molecule has 1 N–H and O–H groups in total. The maximum atomic E-state index is 12.9. The number of sulfonamides is 1. The van der Waals surface area contributed by atoms with Gasteiger partial charge in [0.15, 0.2) is 0 Å². The van der Waals surface area contributed by atoms with Crippen molar-refractivity contribution in [3.63, 3.8) is 0 Å². The minimum Gasteiger partial charge on any atom is -0.336 e. The number of hydrogen-bond donors (Lipinski definition) is 1. The van der Waals surface area contributed by atoms with Crippen molar-refractivity contribution >= 4 is 15.9 Å². The molecule has 25 heavy (non-hydrogen) atoms. The second-order valence-corrected chi connectivity index (χ2v) is 9.37. The molecule has 1 aromatic rings. The Labute approximate surface area is 152 Å². The molecule has 0 unspecified atom stereocenters. The van der Waals surface area contributed by atoms with Gasteiger partial charge in [0.2, 0.25) is 10.0 Å². The van der Waals surface area contributed by atoms with Gasteiger partial charge in [0.25, 0.3) is 5.91 Å². The zero-order valence-electron chi connectivity index (χ0n) is 16.3. The summed E-state index contributed by atoms with van der Waals surface area (Å²) in [7, 11) is -3.66. The molecule has 0 saturated carbocycles. The Morgan fingerprint density at radius 2 is 1.84 bits per heavy atom. The van der Waals surface area contributed by atoms with E-state index in [4.69, 9.17) is 0 Å². The summed E-state index contributed by atoms with van der Waals surface area (Å²) in [5.74, 6) is -0.126. The largest absolute Gasteiger partial charge is 0.336 e. The van der Waals surface area contributed by atoms with E-state index in [-0.39, 0.29) is 16.8 Å². The van der Waals surface area contributed by atoms with Crippen LogP contribution in [0.25, 0.3) is 0 Å². The average Bonchev–Trinajstić information content (AvgIpc) is 2.48. The van der Waals surface area contributed by atoms with Crippen LogP contribution in [0.3, 0.4) is 0 Å². The van der Waals surface area contributed by atoms with Crippen LogP contribution in [0.4, 0.5) is 0 Å². The first-order valence-corrected chi connectivity index (χ1v) is 10.4. The highest BCUT2D eigenvalue weighted by Gasteiger charge is 2.24. The predicted octanol–water partition coefficient (Wildman–Crippen LogP) is 3.80. The first kappa shape index (κ1) is 21.6. The fourth-order valence-corrected chi connectivity index (χ4v) is 4.01. The molecule has 5 nitrogen and oxygen atoms in total. The maximum absolute atomic E-state index is 12.9. The summed E-state index contributed by atoms with van der Waals surface area (Å²) in [5.41, 5.74) is -0.176. The Hall–Kier alpha value is -1.40. The number of unbranched alkanes of at least 4 members (excludes halogenated alkanes) is 2. The first-order valence-electron chi connectivity index (χ1n) is 8.93. The fraction of sp³-hybridized carbons (Fsp3) is 0.632. The summed E-state index contributed by atoms with van der Waals surface area (Å²) in [6.07, 6.45) is 3.11. The zero-order chi connectivity index (χ0) is 19.3. The molecule has 0 radical (unpaired) electrons. The van der Waals surface area contributed by atoms with Crippen LogP contribution in [0.5, 0.6) is 0 Å². The molecule has 0 heterocycles. The molecular formula is C19H32N2O3S. The van der Waals surface area contributed by atoms with E-state index in [2.05, 4.69) is 11.6 Å². The van der Waals surface area contributed by atoms with Crippen LogP contribution in [-0.2, 0) is 10.0 Å². The molecule has 0 aliphatic carbocycles. The summed E-state index contributed by atoms with van der Waals surface area (Å²) < 4.78 is 27.6. The van der Waals surface area contributed by atoms with Gasteiger partial charge in [0.05, 0.1) is 4.90 Å². The number of carbonyl (C=O) groups excluding carboxylic acids is 1. The molecule has 0 aliphatic heterocycles. The molecule has 6 heteroatoms. The molecule has 0 aromatic heterocycles. The highest BCUT2D eigenvalue weighted by atomic mass is 32.2. The van der Waals surface area contributed by atoms with Gasteiger partial charge >= 0.3 is 0 Å².